The van der Waals surface area contributed by atoms with Gasteiger partial charge < -0.3 is 14.6 Å². The van der Waals surface area contributed by atoms with E-state index in [1.54, 1.807) is 6.92 Å². The molecule has 3 aliphatic rings. The minimum atomic E-state index is -1.05. The molecule has 1 fully saturated rings. The first-order valence-corrected chi connectivity index (χ1v) is 9.19. The standard InChI is InChI=1S/C20H28O5/c1-11-6-5-7-12(2)15-8-9-20(4,25-15)18(22)17-16(14(21)10-11)13(3)19(23)24-17/h6,12,15,17-18,22H,5,7-10H2,1-4H3. The lowest BCUT2D eigenvalue weighted by molar-refractivity contribution is -0.165. The van der Waals surface area contributed by atoms with Gasteiger partial charge in [-0.3, -0.25) is 4.79 Å². The van der Waals surface area contributed by atoms with E-state index in [2.05, 4.69) is 13.0 Å². The van der Waals surface area contributed by atoms with E-state index in [9.17, 15) is 14.7 Å². The Morgan fingerprint density at radius 3 is 2.68 bits per heavy atom. The van der Waals surface area contributed by atoms with Crippen LogP contribution in [0.15, 0.2) is 22.8 Å². The van der Waals surface area contributed by atoms with Crippen molar-refractivity contribution < 1.29 is 24.2 Å². The minimum Gasteiger partial charge on any atom is -0.451 e. The van der Waals surface area contributed by atoms with Gasteiger partial charge in [-0.25, -0.2) is 4.79 Å². The summed E-state index contributed by atoms with van der Waals surface area (Å²) in [5.41, 5.74) is 0.798. The molecule has 0 aromatic heterocycles. The first-order chi connectivity index (χ1) is 11.7. The maximum Gasteiger partial charge on any atom is 0.334 e. The topological polar surface area (TPSA) is 72.8 Å². The lowest BCUT2D eigenvalue weighted by Crippen LogP contribution is -2.49. The summed E-state index contributed by atoms with van der Waals surface area (Å²) in [6, 6.07) is 0. The molecular weight excluding hydrogens is 320 g/mol. The van der Waals surface area contributed by atoms with Crippen molar-refractivity contribution >= 4 is 11.8 Å². The summed E-state index contributed by atoms with van der Waals surface area (Å²) < 4.78 is 11.6. The number of esters is 1. The van der Waals surface area contributed by atoms with Crippen LogP contribution in [-0.4, -0.2) is 40.8 Å². The SMILES string of the molecule is CC1=CCCC(C)C2CCC(C)(O2)C(O)C2OC(=O)C(C)=C2C(=O)C1. The first kappa shape index (κ1) is 18.3. The Hall–Kier alpha value is -1.46. The summed E-state index contributed by atoms with van der Waals surface area (Å²) >= 11 is 0. The molecular formula is C20H28O5. The Labute approximate surface area is 149 Å². The quantitative estimate of drug-likeness (QED) is 0.538. The maximum absolute atomic E-state index is 12.8. The van der Waals surface area contributed by atoms with Gasteiger partial charge in [0, 0.05) is 17.6 Å². The van der Waals surface area contributed by atoms with Crippen LogP contribution in [-0.2, 0) is 19.1 Å². The van der Waals surface area contributed by atoms with E-state index in [1.165, 1.54) is 0 Å². The zero-order valence-electron chi connectivity index (χ0n) is 15.5. The first-order valence-electron chi connectivity index (χ1n) is 9.19. The van der Waals surface area contributed by atoms with Gasteiger partial charge in [-0.05, 0) is 52.4 Å². The third-order valence-corrected chi connectivity index (χ3v) is 5.98. The summed E-state index contributed by atoms with van der Waals surface area (Å²) in [4.78, 5) is 24.9. The summed E-state index contributed by atoms with van der Waals surface area (Å²) in [5, 5.41) is 11.0. The van der Waals surface area contributed by atoms with Gasteiger partial charge >= 0.3 is 5.97 Å². The predicted octanol–water partition coefficient (Wildman–Crippen LogP) is 2.86. The smallest absolute Gasteiger partial charge is 0.334 e. The average molecular weight is 348 g/mol. The third-order valence-electron chi connectivity index (χ3n) is 5.98. The summed E-state index contributed by atoms with van der Waals surface area (Å²) in [5.74, 6) is -0.295. The number of carbonyl (C=O) groups is 2. The predicted molar refractivity (Wildman–Crippen MR) is 92.9 cm³/mol. The molecule has 3 aliphatic heterocycles. The molecule has 25 heavy (non-hydrogen) atoms. The Morgan fingerprint density at radius 1 is 1.24 bits per heavy atom. The second-order valence-corrected chi connectivity index (χ2v) is 8.02. The maximum atomic E-state index is 12.8. The number of ketones is 1. The van der Waals surface area contributed by atoms with Crippen molar-refractivity contribution in [3.63, 3.8) is 0 Å². The number of aliphatic hydroxyl groups is 1. The fraction of sp³-hybridized carbons (Fsp3) is 0.700. The van der Waals surface area contributed by atoms with Crippen molar-refractivity contribution in [3.8, 4) is 0 Å². The number of rotatable bonds is 0. The van der Waals surface area contributed by atoms with Crippen molar-refractivity contribution in [2.24, 2.45) is 5.92 Å². The van der Waals surface area contributed by atoms with E-state index >= 15 is 0 Å². The number of aliphatic hydroxyl groups excluding tert-OH is 1. The van der Waals surface area contributed by atoms with Gasteiger partial charge in [-0.2, -0.15) is 0 Å². The molecule has 5 nitrogen and oxygen atoms in total. The van der Waals surface area contributed by atoms with E-state index in [-0.39, 0.29) is 18.3 Å². The Morgan fingerprint density at radius 2 is 1.96 bits per heavy atom. The van der Waals surface area contributed by atoms with Gasteiger partial charge in [-0.15, -0.1) is 0 Å². The largest absolute Gasteiger partial charge is 0.451 e. The highest BCUT2D eigenvalue weighted by molar-refractivity contribution is 6.07. The zero-order valence-corrected chi connectivity index (χ0v) is 15.5. The Bertz CT molecular complexity index is 646. The van der Waals surface area contributed by atoms with Crippen LogP contribution in [0, 0.1) is 5.92 Å². The fourth-order valence-corrected chi connectivity index (χ4v) is 4.21. The molecule has 5 atom stereocenters. The molecule has 138 valence electrons. The van der Waals surface area contributed by atoms with Gasteiger partial charge in [0.25, 0.3) is 0 Å². The van der Waals surface area contributed by atoms with Gasteiger partial charge in [-0.1, -0.05) is 18.6 Å². The van der Waals surface area contributed by atoms with Gasteiger partial charge in [0.05, 0.1) is 11.7 Å². The van der Waals surface area contributed by atoms with Crippen molar-refractivity contribution in [2.75, 3.05) is 0 Å². The lowest BCUT2D eigenvalue weighted by atomic mass is 9.85. The van der Waals surface area contributed by atoms with E-state index in [0.29, 0.717) is 23.5 Å². The molecule has 0 aromatic carbocycles. The third kappa shape index (κ3) is 3.32. The van der Waals surface area contributed by atoms with Gasteiger partial charge in [0.15, 0.2) is 11.9 Å². The number of ether oxygens (including phenoxy) is 2. The highest BCUT2D eigenvalue weighted by atomic mass is 16.6. The molecule has 5 heteroatoms. The molecule has 0 aliphatic carbocycles. The zero-order chi connectivity index (χ0) is 18.4. The Kier molecular flexibility index (Phi) is 4.91. The molecule has 0 spiro atoms. The number of hydrogen-bond donors (Lipinski definition) is 1. The minimum absolute atomic E-state index is 0.0791. The van der Waals surface area contributed by atoms with E-state index in [1.807, 2.05) is 13.8 Å². The van der Waals surface area contributed by atoms with E-state index in [4.69, 9.17) is 9.47 Å². The molecule has 0 amide bonds. The summed E-state index contributed by atoms with van der Waals surface area (Å²) in [6.45, 7) is 7.56. The molecule has 1 saturated heterocycles. The number of fused-ring (bicyclic) bond motifs is 3. The van der Waals surface area contributed by atoms with Crippen LogP contribution in [0.5, 0.6) is 0 Å². The second kappa shape index (κ2) is 6.69. The molecule has 0 aromatic rings. The van der Waals surface area contributed by atoms with Gasteiger partial charge in [0.2, 0.25) is 0 Å². The second-order valence-electron chi connectivity index (χ2n) is 8.02. The molecule has 1 N–H and O–H groups in total. The molecule has 0 radical (unpaired) electrons. The van der Waals surface area contributed by atoms with Crippen LogP contribution in [0.25, 0.3) is 0 Å². The van der Waals surface area contributed by atoms with E-state index in [0.717, 1.165) is 24.8 Å². The van der Waals surface area contributed by atoms with Crippen LogP contribution in [0.1, 0.15) is 59.8 Å². The van der Waals surface area contributed by atoms with Crippen molar-refractivity contribution in [1.29, 1.82) is 0 Å². The molecule has 5 unspecified atom stereocenters. The van der Waals surface area contributed by atoms with Crippen molar-refractivity contribution in [2.45, 2.75) is 83.7 Å². The molecule has 0 saturated carbocycles. The number of Topliss-reactive ketones (excluding diaryl/α,β-unsaturated/α-hetero) is 1. The highest BCUT2D eigenvalue weighted by Gasteiger charge is 2.51. The number of allylic oxidation sites excluding steroid dienone is 2. The number of carbonyl (C=O) groups excluding carboxylic acids is 2. The van der Waals surface area contributed by atoms with Crippen LogP contribution in [0.3, 0.4) is 0 Å². The van der Waals surface area contributed by atoms with Crippen LogP contribution < -0.4 is 0 Å². The van der Waals surface area contributed by atoms with Crippen molar-refractivity contribution in [3.05, 3.63) is 22.8 Å². The van der Waals surface area contributed by atoms with Gasteiger partial charge in [0.1, 0.15) is 6.10 Å². The summed E-state index contributed by atoms with van der Waals surface area (Å²) in [7, 11) is 0. The molecule has 3 heterocycles. The average Bonchev–Trinajstić information content (AvgIpc) is 3.08. The molecule has 2 bridgehead atoms. The number of hydrogen-bond acceptors (Lipinski definition) is 5. The van der Waals surface area contributed by atoms with E-state index < -0.39 is 23.8 Å². The summed E-state index contributed by atoms with van der Waals surface area (Å²) in [6.07, 6.45) is 3.88. The normalized spacial score (nSPS) is 40.0. The van der Waals surface area contributed by atoms with Crippen LogP contribution in [0.4, 0.5) is 0 Å². The van der Waals surface area contributed by atoms with Crippen LogP contribution in [0.2, 0.25) is 0 Å². The monoisotopic (exact) mass is 348 g/mol. The Balaban J connectivity index is 1.99. The molecule has 3 rings (SSSR count). The van der Waals surface area contributed by atoms with Crippen molar-refractivity contribution in [1.82, 2.24) is 0 Å². The fourth-order valence-electron chi connectivity index (χ4n) is 4.21. The van der Waals surface area contributed by atoms with Crippen LogP contribution >= 0.6 is 0 Å². The highest BCUT2D eigenvalue weighted by Crippen LogP contribution is 2.41. The lowest BCUT2D eigenvalue weighted by Gasteiger charge is -2.34.